The maximum absolute atomic E-state index is 12.3. The molecule has 0 saturated heterocycles. The molecule has 0 aliphatic carbocycles. The number of methoxy groups -OCH3 is 1. The van der Waals surface area contributed by atoms with Crippen LogP contribution in [0.25, 0.3) is 0 Å². The van der Waals surface area contributed by atoms with Gasteiger partial charge in [-0.2, -0.15) is 0 Å². The lowest BCUT2D eigenvalue weighted by atomic mass is 9.85. The number of hydrogen-bond acceptors (Lipinski definition) is 6. The van der Waals surface area contributed by atoms with Crippen LogP contribution in [0.3, 0.4) is 0 Å². The summed E-state index contributed by atoms with van der Waals surface area (Å²) in [5.74, 6) is -1.55. The first-order valence-corrected chi connectivity index (χ1v) is 8.61. The SMILES string of the molecule is COC(=O)c1c(O)c(O)cc2c1CCN(CCO)CC2c1ccccc1. The number of fused-ring (bicyclic) bond motifs is 1. The molecule has 2 aromatic rings. The molecule has 0 radical (unpaired) electrons. The van der Waals surface area contributed by atoms with Crippen LogP contribution in [-0.4, -0.2) is 59.5 Å². The highest BCUT2D eigenvalue weighted by Crippen LogP contribution is 2.41. The topological polar surface area (TPSA) is 90.2 Å². The smallest absolute Gasteiger partial charge is 0.342 e. The van der Waals surface area contributed by atoms with Crippen LogP contribution in [0.4, 0.5) is 0 Å². The number of aromatic hydroxyl groups is 2. The third kappa shape index (κ3) is 3.38. The zero-order valence-corrected chi connectivity index (χ0v) is 14.7. The van der Waals surface area contributed by atoms with Crippen molar-refractivity contribution in [3.05, 3.63) is 58.7 Å². The van der Waals surface area contributed by atoms with Crippen molar-refractivity contribution < 1.29 is 24.9 Å². The molecule has 1 aliphatic rings. The Labute approximate surface area is 152 Å². The van der Waals surface area contributed by atoms with Gasteiger partial charge in [0.05, 0.1) is 13.7 Å². The van der Waals surface area contributed by atoms with E-state index in [1.807, 2.05) is 30.3 Å². The Morgan fingerprint density at radius 1 is 1.27 bits per heavy atom. The standard InChI is InChI=1S/C20H23NO5/c1-26-20(25)18-14-7-8-21(9-10-22)12-16(13-5-3-2-4-6-13)15(14)11-17(23)19(18)24/h2-6,11,16,22-24H,7-10,12H2,1H3. The van der Waals surface area contributed by atoms with Gasteiger partial charge in [0, 0.05) is 25.6 Å². The molecule has 1 aliphatic heterocycles. The third-order valence-electron chi connectivity index (χ3n) is 4.92. The molecule has 3 N–H and O–H groups in total. The van der Waals surface area contributed by atoms with E-state index in [0.717, 1.165) is 11.1 Å². The van der Waals surface area contributed by atoms with Gasteiger partial charge in [0.25, 0.3) is 0 Å². The van der Waals surface area contributed by atoms with Crippen LogP contribution < -0.4 is 0 Å². The molecule has 3 rings (SSSR count). The third-order valence-corrected chi connectivity index (χ3v) is 4.92. The number of phenolic OH excluding ortho intramolecular Hbond substituents is 2. The fourth-order valence-electron chi connectivity index (χ4n) is 3.65. The predicted molar refractivity (Wildman–Crippen MR) is 96.6 cm³/mol. The second-order valence-electron chi connectivity index (χ2n) is 6.42. The average molecular weight is 357 g/mol. The second kappa shape index (κ2) is 7.76. The van der Waals surface area contributed by atoms with Gasteiger partial charge in [-0.1, -0.05) is 30.3 Å². The highest BCUT2D eigenvalue weighted by molar-refractivity contribution is 5.95. The number of carbonyl (C=O) groups excluding carboxylic acids is 1. The van der Waals surface area contributed by atoms with Crippen molar-refractivity contribution in [3.63, 3.8) is 0 Å². The fourth-order valence-corrected chi connectivity index (χ4v) is 3.65. The highest BCUT2D eigenvalue weighted by atomic mass is 16.5. The molecular formula is C20H23NO5. The van der Waals surface area contributed by atoms with E-state index in [-0.39, 0.29) is 23.8 Å². The molecule has 138 valence electrons. The molecule has 0 bridgehead atoms. The Bertz CT molecular complexity index is 791. The molecule has 1 atom stereocenters. The lowest BCUT2D eigenvalue weighted by Crippen LogP contribution is -2.31. The number of ether oxygens (including phenoxy) is 1. The molecule has 0 aromatic heterocycles. The number of benzene rings is 2. The normalized spacial score (nSPS) is 17.4. The molecule has 2 aromatic carbocycles. The van der Waals surface area contributed by atoms with E-state index >= 15 is 0 Å². The minimum atomic E-state index is -0.669. The van der Waals surface area contributed by atoms with E-state index in [0.29, 0.717) is 31.6 Å². The van der Waals surface area contributed by atoms with E-state index in [2.05, 4.69) is 4.90 Å². The van der Waals surface area contributed by atoms with Crippen LogP contribution >= 0.6 is 0 Å². The predicted octanol–water partition coefficient (Wildman–Crippen LogP) is 1.87. The molecule has 1 unspecified atom stereocenters. The van der Waals surface area contributed by atoms with Crippen LogP contribution in [0.1, 0.15) is 33.0 Å². The quantitative estimate of drug-likeness (QED) is 0.572. The monoisotopic (exact) mass is 357 g/mol. The number of phenols is 2. The summed E-state index contributed by atoms with van der Waals surface area (Å²) in [5.41, 5.74) is 2.54. The van der Waals surface area contributed by atoms with Crippen molar-refractivity contribution in [1.82, 2.24) is 4.90 Å². The van der Waals surface area contributed by atoms with Gasteiger partial charge in [-0.15, -0.1) is 0 Å². The van der Waals surface area contributed by atoms with Crippen LogP contribution in [-0.2, 0) is 11.2 Å². The Morgan fingerprint density at radius 2 is 2.00 bits per heavy atom. The number of esters is 1. The molecule has 0 saturated carbocycles. The summed E-state index contributed by atoms with van der Waals surface area (Å²) in [6, 6.07) is 11.4. The van der Waals surface area contributed by atoms with Crippen molar-refractivity contribution in [2.24, 2.45) is 0 Å². The van der Waals surface area contributed by atoms with Gasteiger partial charge in [0.15, 0.2) is 11.5 Å². The minimum absolute atomic E-state index is 0.0225. The number of hydrogen-bond donors (Lipinski definition) is 3. The van der Waals surface area contributed by atoms with Crippen LogP contribution in [0.5, 0.6) is 11.5 Å². The van der Waals surface area contributed by atoms with E-state index in [1.165, 1.54) is 13.2 Å². The van der Waals surface area contributed by atoms with Gasteiger partial charge < -0.3 is 20.1 Å². The Morgan fingerprint density at radius 3 is 2.65 bits per heavy atom. The van der Waals surface area contributed by atoms with Gasteiger partial charge in [-0.3, -0.25) is 4.90 Å². The molecule has 26 heavy (non-hydrogen) atoms. The van der Waals surface area contributed by atoms with Crippen LogP contribution in [0.2, 0.25) is 0 Å². The molecule has 0 amide bonds. The lowest BCUT2D eigenvalue weighted by Gasteiger charge is -2.25. The average Bonchev–Trinajstić information content (AvgIpc) is 2.83. The summed E-state index contributed by atoms with van der Waals surface area (Å²) < 4.78 is 4.83. The summed E-state index contributed by atoms with van der Waals surface area (Å²) in [5, 5.41) is 29.8. The number of aliphatic hydroxyl groups excluding tert-OH is 1. The molecular weight excluding hydrogens is 334 g/mol. The molecule has 0 fully saturated rings. The first-order chi connectivity index (χ1) is 12.6. The summed E-state index contributed by atoms with van der Waals surface area (Å²) in [6.45, 7) is 1.83. The number of aliphatic hydroxyl groups is 1. The first kappa shape index (κ1) is 18.2. The molecule has 1 heterocycles. The summed E-state index contributed by atoms with van der Waals surface area (Å²) in [4.78, 5) is 14.4. The van der Waals surface area contributed by atoms with Crippen molar-refractivity contribution in [2.45, 2.75) is 12.3 Å². The number of rotatable bonds is 4. The first-order valence-electron chi connectivity index (χ1n) is 8.61. The number of carbonyl (C=O) groups is 1. The van der Waals surface area contributed by atoms with Crippen molar-refractivity contribution in [3.8, 4) is 11.5 Å². The lowest BCUT2D eigenvalue weighted by molar-refractivity contribution is 0.0595. The van der Waals surface area contributed by atoms with Crippen molar-refractivity contribution in [1.29, 1.82) is 0 Å². The van der Waals surface area contributed by atoms with Crippen LogP contribution in [0.15, 0.2) is 36.4 Å². The zero-order chi connectivity index (χ0) is 18.7. The van der Waals surface area contributed by atoms with Gasteiger partial charge in [0.2, 0.25) is 0 Å². The van der Waals surface area contributed by atoms with Gasteiger partial charge in [-0.25, -0.2) is 4.79 Å². The highest BCUT2D eigenvalue weighted by Gasteiger charge is 2.31. The Balaban J connectivity index is 2.19. The summed E-state index contributed by atoms with van der Waals surface area (Å²) in [6.07, 6.45) is 0.511. The van der Waals surface area contributed by atoms with Gasteiger partial charge in [0.1, 0.15) is 5.56 Å². The zero-order valence-electron chi connectivity index (χ0n) is 14.7. The van der Waals surface area contributed by atoms with Crippen molar-refractivity contribution in [2.75, 3.05) is 33.4 Å². The maximum atomic E-state index is 12.3. The summed E-state index contributed by atoms with van der Waals surface area (Å²) in [7, 11) is 1.25. The van der Waals surface area contributed by atoms with Gasteiger partial charge in [-0.05, 0) is 29.2 Å². The second-order valence-corrected chi connectivity index (χ2v) is 6.42. The molecule has 0 spiro atoms. The van der Waals surface area contributed by atoms with E-state index < -0.39 is 11.7 Å². The minimum Gasteiger partial charge on any atom is -0.504 e. The van der Waals surface area contributed by atoms with E-state index in [1.54, 1.807) is 0 Å². The Kier molecular flexibility index (Phi) is 5.44. The van der Waals surface area contributed by atoms with Gasteiger partial charge >= 0.3 is 5.97 Å². The van der Waals surface area contributed by atoms with E-state index in [4.69, 9.17) is 4.74 Å². The fraction of sp³-hybridized carbons (Fsp3) is 0.350. The summed E-state index contributed by atoms with van der Waals surface area (Å²) >= 11 is 0. The largest absolute Gasteiger partial charge is 0.504 e. The number of nitrogens with zero attached hydrogens (tertiary/aromatic N) is 1. The van der Waals surface area contributed by atoms with Crippen molar-refractivity contribution >= 4 is 5.97 Å². The molecule has 6 nitrogen and oxygen atoms in total. The van der Waals surface area contributed by atoms with Crippen LogP contribution in [0, 0.1) is 0 Å². The van der Waals surface area contributed by atoms with E-state index in [9.17, 15) is 20.1 Å². The maximum Gasteiger partial charge on any atom is 0.342 e. The number of β-amino-alcohol motifs (C(OH)–C–C–N with tert-alkyl or cyclic N) is 1. The Hall–Kier alpha value is -2.57. The molecule has 6 heteroatoms.